The second-order valence-corrected chi connectivity index (χ2v) is 8.08. The average Bonchev–Trinajstić information content (AvgIpc) is 2.71. The zero-order valence-corrected chi connectivity index (χ0v) is 17.1. The van der Waals surface area contributed by atoms with Crippen LogP contribution in [0.2, 0.25) is 0 Å². The summed E-state index contributed by atoms with van der Waals surface area (Å²) in [7, 11) is 0. The van der Waals surface area contributed by atoms with Gasteiger partial charge >= 0.3 is 0 Å². The molecule has 1 fully saturated rings. The first kappa shape index (κ1) is 21.8. The fourth-order valence-electron chi connectivity index (χ4n) is 4.34. The van der Waals surface area contributed by atoms with E-state index in [4.69, 9.17) is 4.74 Å². The lowest BCUT2D eigenvalue weighted by atomic mass is 9.74. The quantitative estimate of drug-likeness (QED) is 0.656. The summed E-state index contributed by atoms with van der Waals surface area (Å²) < 4.78 is 19.9. The number of benzene rings is 2. The van der Waals surface area contributed by atoms with Gasteiger partial charge in [0.05, 0.1) is 6.10 Å². The highest BCUT2D eigenvalue weighted by molar-refractivity contribution is 5.69. The van der Waals surface area contributed by atoms with Gasteiger partial charge in [0.2, 0.25) is 0 Å². The Morgan fingerprint density at radius 3 is 2.59 bits per heavy atom. The Kier molecular flexibility index (Phi) is 7.28. The molecule has 2 aromatic rings. The summed E-state index contributed by atoms with van der Waals surface area (Å²) in [4.78, 5) is 0. The van der Waals surface area contributed by atoms with Crippen molar-refractivity contribution in [3.63, 3.8) is 0 Å². The van der Waals surface area contributed by atoms with Crippen molar-refractivity contribution in [2.24, 2.45) is 11.8 Å². The molecule has 1 aliphatic rings. The summed E-state index contributed by atoms with van der Waals surface area (Å²) in [5, 5.41) is 30.3. The minimum Gasteiger partial charge on any atom is -0.488 e. The predicted octanol–water partition coefficient (Wildman–Crippen LogP) is 3.95. The Hall–Kier alpha value is -1.95. The molecule has 0 saturated heterocycles. The van der Waals surface area contributed by atoms with Crippen molar-refractivity contribution in [3.8, 4) is 16.9 Å². The number of aryl methyl sites for hydroxylation is 1. The molecule has 29 heavy (non-hydrogen) atoms. The smallest absolute Gasteiger partial charge is 0.127 e. The largest absolute Gasteiger partial charge is 0.488 e. The van der Waals surface area contributed by atoms with Gasteiger partial charge in [-0.15, -0.1) is 0 Å². The van der Waals surface area contributed by atoms with E-state index in [1.807, 2.05) is 31.2 Å². The van der Waals surface area contributed by atoms with E-state index >= 15 is 0 Å². The van der Waals surface area contributed by atoms with Crippen molar-refractivity contribution >= 4 is 0 Å². The number of ether oxygens (including phenoxy) is 1. The van der Waals surface area contributed by atoms with Crippen molar-refractivity contribution < 1.29 is 24.4 Å². The average molecular weight is 403 g/mol. The van der Waals surface area contributed by atoms with Gasteiger partial charge in [0.1, 0.15) is 23.8 Å². The lowest BCUT2D eigenvalue weighted by Gasteiger charge is -2.41. The normalized spacial score (nSPS) is 27.0. The Labute approximate surface area is 172 Å². The molecule has 1 aliphatic carbocycles. The van der Waals surface area contributed by atoms with Crippen LogP contribution in [0.4, 0.5) is 4.39 Å². The van der Waals surface area contributed by atoms with Crippen LogP contribution in [0.15, 0.2) is 42.5 Å². The molecule has 0 radical (unpaired) electrons. The summed E-state index contributed by atoms with van der Waals surface area (Å²) in [6, 6.07) is 12.2. The van der Waals surface area contributed by atoms with Crippen molar-refractivity contribution in [1.82, 2.24) is 0 Å². The summed E-state index contributed by atoms with van der Waals surface area (Å²) in [5.74, 6) is 0.262. The maximum absolute atomic E-state index is 13.8. The van der Waals surface area contributed by atoms with E-state index in [-0.39, 0.29) is 24.3 Å². The van der Waals surface area contributed by atoms with Crippen molar-refractivity contribution in [2.45, 2.75) is 57.8 Å². The van der Waals surface area contributed by atoms with Gasteiger partial charge in [-0.05, 0) is 72.1 Å². The van der Waals surface area contributed by atoms with Gasteiger partial charge in [-0.3, -0.25) is 0 Å². The third-order valence-corrected chi connectivity index (χ3v) is 6.07. The molecule has 3 rings (SSSR count). The summed E-state index contributed by atoms with van der Waals surface area (Å²) >= 11 is 0. The minimum absolute atomic E-state index is 0.0416. The maximum atomic E-state index is 13.8. The Morgan fingerprint density at radius 2 is 1.90 bits per heavy atom. The first-order valence-corrected chi connectivity index (χ1v) is 10.5. The van der Waals surface area contributed by atoms with E-state index in [0.717, 1.165) is 29.5 Å². The van der Waals surface area contributed by atoms with E-state index < -0.39 is 18.3 Å². The molecule has 3 N–H and O–H groups in total. The zero-order valence-electron chi connectivity index (χ0n) is 17.1. The summed E-state index contributed by atoms with van der Waals surface area (Å²) in [6.45, 7) is 4.04. The number of aliphatic hydroxyl groups excluding tert-OH is 3. The third-order valence-electron chi connectivity index (χ3n) is 6.07. The number of rotatable bonds is 7. The highest BCUT2D eigenvalue weighted by Crippen LogP contribution is 2.36. The second-order valence-electron chi connectivity index (χ2n) is 8.08. The molecule has 0 unspecified atom stereocenters. The zero-order chi connectivity index (χ0) is 21.0. The Bertz CT molecular complexity index is 809. The van der Waals surface area contributed by atoms with E-state index in [9.17, 15) is 19.7 Å². The molecule has 0 spiro atoms. The van der Waals surface area contributed by atoms with E-state index in [1.54, 1.807) is 6.07 Å². The molecule has 4 nitrogen and oxygen atoms in total. The molecule has 0 bridgehead atoms. The fraction of sp³-hybridized carbons (Fsp3) is 0.500. The molecule has 0 heterocycles. The first-order valence-electron chi connectivity index (χ1n) is 10.5. The molecule has 0 aromatic heterocycles. The molecule has 0 aliphatic heterocycles. The topological polar surface area (TPSA) is 69.9 Å². The van der Waals surface area contributed by atoms with E-state index in [0.29, 0.717) is 18.6 Å². The van der Waals surface area contributed by atoms with Crippen LogP contribution < -0.4 is 4.74 Å². The first-order chi connectivity index (χ1) is 13.9. The third kappa shape index (κ3) is 4.97. The van der Waals surface area contributed by atoms with Crippen LogP contribution in [0.1, 0.15) is 38.7 Å². The molecular weight excluding hydrogens is 371 g/mol. The summed E-state index contributed by atoms with van der Waals surface area (Å²) in [6.07, 6.45) is 0.514. The number of halogens is 1. The lowest BCUT2D eigenvalue weighted by Crippen LogP contribution is -2.51. The van der Waals surface area contributed by atoms with Gasteiger partial charge < -0.3 is 20.1 Å². The fourth-order valence-corrected chi connectivity index (χ4v) is 4.34. The molecule has 5 atom stereocenters. The number of hydrogen-bond donors (Lipinski definition) is 3. The number of hydrogen-bond acceptors (Lipinski definition) is 4. The summed E-state index contributed by atoms with van der Waals surface area (Å²) in [5.41, 5.74) is 2.81. The maximum Gasteiger partial charge on any atom is 0.127 e. The molecule has 5 heteroatoms. The van der Waals surface area contributed by atoms with E-state index in [2.05, 4.69) is 6.92 Å². The molecule has 1 saturated carbocycles. The predicted molar refractivity (Wildman–Crippen MR) is 111 cm³/mol. The highest BCUT2D eigenvalue weighted by Gasteiger charge is 2.42. The van der Waals surface area contributed by atoms with Gasteiger partial charge in [0.25, 0.3) is 0 Å². The highest BCUT2D eigenvalue weighted by atomic mass is 19.1. The number of aliphatic hydroxyl groups is 3. The van der Waals surface area contributed by atoms with Crippen molar-refractivity contribution in [2.75, 3.05) is 6.61 Å². The Morgan fingerprint density at radius 1 is 1.10 bits per heavy atom. The van der Waals surface area contributed by atoms with Crippen LogP contribution in [-0.4, -0.2) is 40.2 Å². The van der Waals surface area contributed by atoms with Crippen molar-refractivity contribution in [3.05, 3.63) is 53.8 Å². The molecule has 158 valence electrons. The Balaban J connectivity index is 1.88. The lowest BCUT2D eigenvalue weighted by molar-refractivity contribution is -0.119. The molecule has 0 amide bonds. The van der Waals surface area contributed by atoms with Crippen LogP contribution in [0.5, 0.6) is 5.75 Å². The molecular formula is C24H31FO4. The standard InChI is InChI=1S/C24H31FO4/c1-3-5-16-8-9-20(14-21(16)18-6-4-7-19(25)12-18)29-22-13-17(10-11-26)15(2)23(27)24(22)28/h4,6-9,12,14-15,17,22-24,26-28H,3,5,10-11,13H2,1-2H3/t15-,17+,22+,23+,24-/m0/s1. The second kappa shape index (κ2) is 9.70. The van der Waals surface area contributed by atoms with Gasteiger partial charge in [0.15, 0.2) is 0 Å². The van der Waals surface area contributed by atoms with Crippen LogP contribution in [-0.2, 0) is 6.42 Å². The van der Waals surface area contributed by atoms with E-state index in [1.165, 1.54) is 12.1 Å². The SMILES string of the molecule is CCCc1ccc(O[C@@H]2C[C@@H](CCO)[C@H](C)[C@@H](O)[C@H]2O)cc1-c1cccc(F)c1. The van der Waals surface area contributed by atoms with Gasteiger partial charge in [-0.2, -0.15) is 0 Å². The van der Waals surface area contributed by atoms with Crippen LogP contribution in [0, 0.1) is 17.7 Å². The minimum atomic E-state index is -0.993. The van der Waals surface area contributed by atoms with Crippen LogP contribution >= 0.6 is 0 Å². The van der Waals surface area contributed by atoms with Gasteiger partial charge in [0, 0.05) is 6.61 Å². The van der Waals surface area contributed by atoms with Gasteiger partial charge in [-0.1, -0.05) is 38.5 Å². The monoisotopic (exact) mass is 402 g/mol. The van der Waals surface area contributed by atoms with Crippen molar-refractivity contribution in [1.29, 1.82) is 0 Å². The van der Waals surface area contributed by atoms with Crippen LogP contribution in [0.3, 0.4) is 0 Å². The van der Waals surface area contributed by atoms with Gasteiger partial charge in [-0.25, -0.2) is 4.39 Å². The molecule has 2 aromatic carbocycles. The van der Waals surface area contributed by atoms with Crippen LogP contribution in [0.25, 0.3) is 11.1 Å².